The van der Waals surface area contributed by atoms with E-state index in [0.717, 1.165) is 29.3 Å². The molecule has 112 valence electrons. The summed E-state index contributed by atoms with van der Waals surface area (Å²) in [5.41, 5.74) is 2.48. The Hall–Kier alpha value is -1.10. The molecule has 3 rings (SSSR count). The minimum atomic E-state index is 0.733. The quantitative estimate of drug-likeness (QED) is 0.872. The maximum Gasteiger partial charge on any atom is 0.131 e. The highest BCUT2D eigenvalue weighted by atomic mass is 35.5. The third-order valence-corrected chi connectivity index (χ3v) is 4.88. The Balaban J connectivity index is 1.65. The van der Waals surface area contributed by atoms with Gasteiger partial charge in [0.1, 0.15) is 5.82 Å². The van der Waals surface area contributed by atoms with Crippen molar-refractivity contribution >= 4 is 28.8 Å². The van der Waals surface area contributed by atoms with Gasteiger partial charge in [0, 0.05) is 30.7 Å². The highest BCUT2D eigenvalue weighted by Gasteiger charge is 2.20. The Morgan fingerprint density at radius 2 is 2.24 bits per heavy atom. The number of anilines is 1. The van der Waals surface area contributed by atoms with Crippen LogP contribution in [-0.4, -0.2) is 18.1 Å². The molecule has 3 nitrogen and oxygen atoms in total. The second-order valence-electron chi connectivity index (χ2n) is 5.70. The molecule has 1 fully saturated rings. The number of rotatable bonds is 6. The fourth-order valence-electron chi connectivity index (χ4n) is 2.42. The maximum absolute atomic E-state index is 5.98. The van der Waals surface area contributed by atoms with E-state index in [2.05, 4.69) is 41.3 Å². The van der Waals surface area contributed by atoms with Crippen LogP contribution in [-0.2, 0) is 13.1 Å². The van der Waals surface area contributed by atoms with E-state index in [9.17, 15) is 0 Å². The van der Waals surface area contributed by atoms with E-state index in [1.807, 2.05) is 12.3 Å². The van der Waals surface area contributed by atoms with Gasteiger partial charge in [0.05, 0.1) is 10.9 Å². The number of hydrogen-bond acceptors (Lipinski definition) is 4. The third-order valence-electron chi connectivity index (χ3n) is 3.66. The monoisotopic (exact) mass is 321 g/mol. The van der Waals surface area contributed by atoms with E-state index in [-0.39, 0.29) is 0 Å². The second-order valence-corrected chi connectivity index (χ2v) is 7.50. The third kappa shape index (κ3) is 3.96. The molecule has 1 aliphatic carbocycles. The Morgan fingerprint density at radius 1 is 1.43 bits per heavy atom. The number of aryl methyl sites for hydroxylation is 1. The van der Waals surface area contributed by atoms with Crippen LogP contribution >= 0.6 is 22.9 Å². The molecule has 1 N–H and O–H groups in total. The van der Waals surface area contributed by atoms with Crippen molar-refractivity contribution in [3.8, 4) is 0 Å². The van der Waals surface area contributed by atoms with Crippen LogP contribution in [0.4, 0.5) is 5.82 Å². The molecule has 0 atom stereocenters. The van der Waals surface area contributed by atoms with E-state index in [4.69, 9.17) is 11.6 Å². The SMILES string of the molecule is Cc1cc(CNC2CC2)cnc1N(C)Cc1ccc(Cl)s1. The number of aromatic nitrogens is 1. The molecular weight excluding hydrogens is 302 g/mol. The van der Waals surface area contributed by atoms with Gasteiger partial charge >= 0.3 is 0 Å². The molecule has 21 heavy (non-hydrogen) atoms. The van der Waals surface area contributed by atoms with Gasteiger partial charge in [0.25, 0.3) is 0 Å². The molecule has 2 aromatic rings. The van der Waals surface area contributed by atoms with Gasteiger partial charge in [-0.05, 0) is 49.1 Å². The molecule has 0 spiro atoms. The molecule has 5 heteroatoms. The Labute approximate surface area is 135 Å². The highest BCUT2D eigenvalue weighted by molar-refractivity contribution is 7.16. The number of nitrogens with one attached hydrogen (secondary N) is 1. The molecule has 0 aromatic carbocycles. The number of hydrogen-bond donors (Lipinski definition) is 1. The Morgan fingerprint density at radius 3 is 2.86 bits per heavy atom. The molecule has 0 amide bonds. The summed E-state index contributed by atoms with van der Waals surface area (Å²) in [7, 11) is 2.07. The van der Waals surface area contributed by atoms with E-state index in [1.165, 1.54) is 28.8 Å². The first-order valence-corrected chi connectivity index (χ1v) is 8.45. The van der Waals surface area contributed by atoms with Crippen molar-refractivity contribution in [3.63, 3.8) is 0 Å². The van der Waals surface area contributed by atoms with Crippen LogP contribution in [0.3, 0.4) is 0 Å². The van der Waals surface area contributed by atoms with Crippen molar-refractivity contribution in [1.82, 2.24) is 10.3 Å². The van der Waals surface area contributed by atoms with Gasteiger partial charge in [0.2, 0.25) is 0 Å². The first-order valence-electron chi connectivity index (χ1n) is 7.26. The van der Waals surface area contributed by atoms with Crippen LogP contribution in [0.25, 0.3) is 0 Å². The van der Waals surface area contributed by atoms with Crippen molar-refractivity contribution in [2.24, 2.45) is 0 Å². The van der Waals surface area contributed by atoms with Crippen molar-refractivity contribution in [2.75, 3.05) is 11.9 Å². The number of thiophene rings is 1. The summed E-state index contributed by atoms with van der Waals surface area (Å²) in [6, 6.07) is 6.99. The molecule has 2 aromatic heterocycles. The topological polar surface area (TPSA) is 28.2 Å². The fraction of sp³-hybridized carbons (Fsp3) is 0.438. The van der Waals surface area contributed by atoms with Crippen molar-refractivity contribution in [3.05, 3.63) is 44.7 Å². The lowest BCUT2D eigenvalue weighted by Gasteiger charge is -2.20. The smallest absolute Gasteiger partial charge is 0.131 e. The molecule has 1 saturated carbocycles. The number of halogens is 1. The summed E-state index contributed by atoms with van der Waals surface area (Å²) in [6.07, 6.45) is 4.61. The summed E-state index contributed by atoms with van der Waals surface area (Å²) < 4.78 is 0.838. The van der Waals surface area contributed by atoms with E-state index in [1.54, 1.807) is 11.3 Å². The molecule has 1 aliphatic rings. The summed E-state index contributed by atoms with van der Waals surface area (Å²) in [4.78, 5) is 8.07. The summed E-state index contributed by atoms with van der Waals surface area (Å²) >= 11 is 7.61. The van der Waals surface area contributed by atoms with Gasteiger partial charge in [-0.1, -0.05) is 11.6 Å². The van der Waals surface area contributed by atoms with Crippen molar-refractivity contribution < 1.29 is 0 Å². The van der Waals surface area contributed by atoms with E-state index >= 15 is 0 Å². The van der Waals surface area contributed by atoms with Gasteiger partial charge in [-0.2, -0.15) is 0 Å². The van der Waals surface area contributed by atoms with Crippen LogP contribution in [0.15, 0.2) is 24.4 Å². The lowest BCUT2D eigenvalue weighted by Crippen LogP contribution is -2.19. The van der Waals surface area contributed by atoms with Gasteiger partial charge in [-0.25, -0.2) is 4.98 Å². The fourth-order valence-corrected chi connectivity index (χ4v) is 3.56. The normalized spacial score (nSPS) is 14.4. The lowest BCUT2D eigenvalue weighted by molar-refractivity contribution is 0.685. The zero-order valence-electron chi connectivity index (χ0n) is 12.4. The van der Waals surface area contributed by atoms with Gasteiger partial charge in [0.15, 0.2) is 0 Å². The van der Waals surface area contributed by atoms with Crippen LogP contribution in [0.2, 0.25) is 4.34 Å². The average molecular weight is 322 g/mol. The molecular formula is C16H20ClN3S. The van der Waals surface area contributed by atoms with E-state index < -0.39 is 0 Å². The maximum atomic E-state index is 5.98. The first-order chi connectivity index (χ1) is 10.1. The minimum absolute atomic E-state index is 0.733. The summed E-state index contributed by atoms with van der Waals surface area (Å²) in [5.74, 6) is 1.04. The molecule has 0 aliphatic heterocycles. The Kier molecular flexibility index (Phi) is 4.48. The minimum Gasteiger partial charge on any atom is -0.354 e. The van der Waals surface area contributed by atoms with Gasteiger partial charge < -0.3 is 10.2 Å². The molecule has 2 heterocycles. The molecule has 0 bridgehead atoms. The lowest BCUT2D eigenvalue weighted by atomic mass is 10.2. The Bertz CT molecular complexity index is 622. The molecule has 0 unspecified atom stereocenters. The van der Waals surface area contributed by atoms with Crippen molar-refractivity contribution in [2.45, 2.75) is 38.9 Å². The predicted octanol–water partition coefficient (Wildman–Crippen LogP) is 3.99. The van der Waals surface area contributed by atoms with Gasteiger partial charge in [-0.3, -0.25) is 0 Å². The second kappa shape index (κ2) is 6.34. The van der Waals surface area contributed by atoms with E-state index in [0.29, 0.717) is 0 Å². The number of nitrogens with zero attached hydrogens (tertiary/aromatic N) is 2. The zero-order valence-corrected chi connectivity index (χ0v) is 14.0. The predicted molar refractivity (Wildman–Crippen MR) is 90.3 cm³/mol. The van der Waals surface area contributed by atoms with Crippen molar-refractivity contribution in [1.29, 1.82) is 0 Å². The first kappa shape index (κ1) is 14.8. The standard InChI is InChI=1S/C16H20ClN3S/c1-11-7-12(8-18-13-3-4-13)9-19-16(11)20(2)10-14-5-6-15(17)21-14/h5-7,9,13,18H,3-4,8,10H2,1-2H3. The average Bonchev–Trinajstić information content (AvgIpc) is 3.19. The van der Waals surface area contributed by atoms with Crippen LogP contribution in [0, 0.1) is 6.92 Å². The van der Waals surface area contributed by atoms with Gasteiger partial charge in [-0.15, -0.1) is 11.3 Å². The highest BCUT2D eigenvalue weighted by Crippen LogP contribution is 2.25. The van der Waals surface area contributed by atoms with Crippen LogP contribution in [0.1, 0.15) is 28.8 Å². The molecule has 0 radical (unpaired) electrons. The summed E-state index contributed by atoms with van der Waals surface area (Å²) in [5, 5.41) is 3.52. The largest absolute Gasteiger partial charge is 0.354 e. The summed E-state index contributed by atoms with van der Waals surface area (Å²) in [6.45, 7) is 3.88. The zero-order chi connectivity index (χ0) is 14.8. The molecule has 0 saturated heterocycles. The van der Waals surface area contributed by atoms with Crippen LogP contribution < -0.4 is 10.2 Å². The van der Waals surface area contributed by atoms with Crippen LogP contribution in [0.5, 0.6) is 0 Å². The number of pyridine rings is 1.